The minimum absolute atomic E-state index is 0.0612. The molecule has 0 saturated carbocycles. The molecule has 0 atom stereocenters. The molecule has 2 aliphatic heterocycles. The van der Waals surface area contributed by atoms with Crippen LogP contribution in [0.25, 0.3) is 0 Å². The van der Waals surface area contributed by atoms with Crippen LogP contribution in [0.4, 0.5) is 5.69 Å². The number of imide groups is 1. The Bertz CT molecular complexity index is 756. The summed E-state index contributed by atoms with van der Waals surface area (Å²) in [5.41, 5.74) is 0.912. The summed E-state index contributed by atoms with van der Waals surface area (Å²) >= 11 is 6.16. The second-order valence-corrected chi connectivity index (χ2v) is 6.30. The summed E-state index contributed by atoms with van der Waals surface area (Å²) in [6.45, 7) is 1.09. The molecule has 1 aromatic rings. The second-order valence-electron chi connectivity index (χ2n) is 5.90. The number of likely N-dealkylation sites (tertiary alicyclic amines) is 1. The van der Waals surface area contributed by atoms with Crippen molar-refractivity contribution < 1.29 is 19.5 Å². The maximum absolute atomic E-state index is 12.5. The van der Waals surface area contributed by atoms with Crippen LogP contribution in [0.2, 0.25) is 5.02 Å². The first-order valence-electron chi connectivity index (χ1n) is 8.05. The quantitative estimate of drug-likeness (QED) is 0.768. The van der Waals surface area contributed by atoms with E-state index >= 15 is 0 Å². The van der Waals surface area contributed by atoms with Crippen LogP contribution in [-0.2, 0) is 9.59 Å². The lowest BCUT2D eigenvalue weighted by Gasteiger charge is -2.17. The number of amides is 3. The van der Waals surface area contributed by atoms with Crippen molar-refractivity contribution >= 4 is 35.0 Å². The number of benzene rings is 1. The van der Waals surface area contributed by atoms with Gasteiger partial charge in [0.15, 0.2) is 0 Å². The SMILES string of the molecule is O=C(c1ccc(Cl)c(NC2=CC(=O)N(CCO)C2=O)c1)N1CCCC1. The van der Waals surface area contributed by atoms with E-state index in [1.54, 1.807) is 23.1 Å². The first-order chi connectivity index (χ1) is 12.0. The first kappa shape index (κ1) is 17.4. The third kappa shape index (κ3) is 3.52. The minimum atomic E-state index is -0.536. The van der Waals surface area contributed by atoms with Crippen molar-refractivity contribution in [1.82, 2.24) is 9.80 Å². The molecule has 8 heteroatoms. The van der Waals surface area contributed by atoms with Crippen LogP contribution < -0.4 is 5.32 Å². The number of aliphatic hydroxyl groups excluding tert-OH is 1. The third-order valence-electron chi connectivity index (χ3n) is 4.21. The monoisotopic (exact) mass is 363 g/mol. The average Bonchev–Trinajstić information content (AvgIpc) is 3.21. The molecular formula is C17H18ClN3O4. The van der Waals surface area contributed by atoms with Crippen molar-refractivity contribution in [2.45, 2.75) is 12.8 Å². The Hall–Kier alpha value is -2.38. The van der Waals surface area contributed by atoms with E-state index in [9.17, 15) is 14.4 Å². The molecule has 2 N–H and O–H groups in total. The summed E-state index contributed by atoms with van der Waals surface area (Å²) < 4.78 is 0. The van der Waals surface area contributed by atoms with E-state index in [0.29, 0.717) is 16.3 Å². The zero-order valence-electron chi connectivity index (χ0n) is 13.5. The Kier molecular flexibility index (Phi) is 5.06. The van der Waals surface area contributed by atoms with E-state index in [-0.39, 0.29) is 24.8 Å². The molecule has 132 valence electrons. The fraction of sp³-hybridized carbons (Fsp3) is 0.353. The van der Waals surface area contributed by atoms with Gasteiger partial charge >= 0.3 is 0 Å². The first-order valence-corrected chi connectivity index (χ1v) is 8.43. The second kappa shape index (κ2) is 7.25. The van der Waals surface area contributed by atoms with E-state index < -0.39 is 11.8 Å². The maximum Gasteiger partial charge on any atom is 0.277 e. The van der Waals surface area contributed by atoms with Crippen molar-refractivity contribution in [3.8, 4) is 0 Å². The summed E-state index contributed by atoms with van der Waals surface area (Å²) in [4.78, 5) is 39.2. The lowest BCUT2D eigenvalue weighted by atomic mass is 10.1. The molecule has 0 radical (unpaired) electrons. The Morgan fingerprint density at radius 2 is 1.96 bits per heavy atom. The minimum Gasteiger partial charge on any atom is -0.395 e. The van der Waals surface area contributed by atoms with Gasteiger partial charge in [0.2, 0.25) is 0 Å². The number of nitrogens with zero attached hydrogens (tertiary/aromatic N) is 2. The largest absolute Gasteiger partial charge is 0.395 e. The van der Waals surface area contributed by atoms with Crippen molar-refractivity contribution in [1.29, 1.82) is 0 Å². The van der Waals surface area contributed by atoms with Crippen LogP contribution in [0.5, 0.6) is 0 Å². The predicted molar refractivity (Wildman–Crippen MR) is 92.1 cm³/mol. The summed E-state index contributed by atoms with van der Waals surface area (Å²) in [7, 11) is 0. The summed E-state index contributed by atoms with van der Waals surface area (Å²) in [5.74, 6) is -1.12. The highest BCUT2D eigenvalue weighted by molar-refractivity contribution is 6.33. The van der Waals surface area contributed by atoms with Crippen molar-refractivity contribution in [2.24, 2.45) is 0 Å². The molecule has 1 fully saturated rings. The van der Waals surface area contributed by atoms with Crippen LogP contribution >= 0.6 is 11.6 Å². The zero-order valence-corrected chi connectivity index (χ0v) is 14.3. The summed E-state index contributed by atoms with van der Waals surface area (Å²) in [6, 6.07) is 4.80. The average molecular weight is 364 g/mol. The van der Waals surface area contributed by atoms with Gasteiger partial charge in [0.25, 0.3) is 17.7 Å². The summed E-state index contributed by atoms with van der Waals surface area (Å²) in [5, 5.41) is 12.1. The molecular weight excluding hydrogens is 346 g/mol. The van der Waals surface area contributed by atoms with E-state index in [2.05, 4.69) is 5.32 Å². The Morgan fingerprint density at radius 3 is 2.64 bits per heavy atom. The van der Waals surface area contributed by atoms with Gasteiger partial charge in [-0.25, -0.2) is 0 Å². The Morgan fingerprint density at radius 1 is 1.24 bits per heavy atom. The standard InChI is InChI=1S/C17H18ClN3O4/c18-12-4-3-11(16(24)20-5-1-2-6-20)9-13(12)19-14-10-15(23)21(7-8-22)17(14)25/h3-4,9-10,19,22H,1-2,5-8H2. The highest BCUT2D eigenvalue weighted by Crippen LogP contribution is 2.27. The van der Waals surface area contributed by atoms with E-state index in [4.69, 9.17) is 16.7 Å². The van der Waals surface area contributed by atoms with Crippen molar-refractivity contribution in [3.63, 3.8) is 0 Å². The van der Waals surface area contributed by atoms with Gasteiger partial charge in [0, 0.05) is 24.7 Å². The molecule has 25 heavy (non-hydrogen) atoms. The molecule has 0 aromatic heterocycles. The number of hydrogen-bond donors (Lipinski definition) is 2. The summed E-state index contributed by atoms with van der Waals surface area (Å²) in [6.07, 6.45) is 3.15. The fourth-order valence-electron chi connectivity index (χ4n) is 2.91. The number of halogens is 1. The number of anilines is 1. The van der Waals surface area contributed by atoms with Crippen LogP contribution in [-0.4, -0.2) is 58.9 Å². The zero-order chi connectivity index (χ0) is 18.0. The molecule has 2 aliphatic rings. The number of β-amino-alcohol motifs (C(OH)–C–C–N with tert-alkyl or cyclic N) is 1. The highest BCUT2D eigenvalue weighted by Gasteiger charge is 2.31. The lowest BCUT2D eigenvalue weighted by molar-refractivity contribution is -0.137. The molecule has 0 bridgehead atoms. The number of aliphatic hydroxyl groups is 1. The topological polar surface area (TPSA) is 90.0 Å². The van der Waals surface area contributed by atoms with Gasteiger partial charge in [0.1, 0.15) is 5.70 Å². The van der Waals surface area contributed by atoms with E-state index in [1.165, 1.54) is 0 Å². The fourth-order valence-corrected chi connectivity index (χ4v) is 3.08. The number of carbonyl (C=O) groups is 3. The molecule has 7 nitrogen and oxygen atoms in total. The molecule has 3 amide bonds. The lowest BCUT2D eigenvalue weighted by Crippen LogP contribution is -2.34. The van der Waals surface area contributed by atoms with Gasteiger partial charge in [-0.15, -0.1) is 0 Å². The van der Waals surface area contributed by atoms with Gasteiger partial charge < -0.3 is 15.3 Å². The molecule has 0 aliphatic carbocycles. The number of rotatable bonds is 5. The maximum atomic E-state index is 12.5. The van der Waals surface area contributed by atoms with Gasteiger partial charge in [-0.1, -0.05) is 11.6 Å². The van der Waals surface area contributed by atoms with Crippen LogP contribution in [0.15, 0.2) is 30.0 Å². The van der Waals surface area contributed by atoms with Gasteiger partial charge in [-0.2, -0.15) is 0 Å². The number of carbonyl (C=O) groups excluding carboxylic acids is 3. The van der Waals surface area contributed by atoms with E-state index in [0.717, 1.165) is 36.9 Å². The molecule has 2 heterocycles. The van der Waals surface area contributed by atoms with Crippen LogP contribution in [0, 0.1) is 0 Å². The van der Waals surface area contributed by atoms with Crippen molar-refractivity contribution in [3.05, 3.63) is 40.6 Å². The predicted octanol–water partition coefficient (Wildman–Crippen LogP) is 1.23. The van der Waals surface area contributed by atoms with Crippen LogP contribution in [0.3, 0.4) is 0 Å². The highest BCUT2D eigenvalue weighted by atomic mass is 35.5. The third-order valence-corrected chi connectivity index (χ3v) is 4.54. The van der Waals surface area contributed by atoms with Gasteiger partial charge in [0.05, 0.1) is 23.9 Å². The smallest absolute Gasteiger partial charge is 0.277 e. The molecule has 0 unspecified atom stereocenters. The van der Waals surface area contributed by atoms with Gasteiger partial charge in [-0.05, 0) is 31.0 Å². The molecule has 1 aromatic carbocycles. The van der Waals surface area contributed by atoms with E-state index in [1.807, 2.05) is 0 Å². The Balaban J connectivity index is 1.80. The van der Waals surface area contributed by atoms with Crippen LogP contribution in [0.1, 0.15) is 23.2 Å². The molecule has 0 spiro atoms. The van der Waals surface area contributed by atoms with Gasteiger partial charge in [-0.3, -0.25) is 19.3 Å². The molecule has 3 rings (SSSR count). The Labute approximate surface area is 149 Å². The van der Waals surface area contributed by atoms with Crippen molar-refractivity contribution in [2.75, 3.05) is 31.6 Å². The number of nitrogens with one attached hydrogen (secondary N) is 1. The molecule has 1 saturated heterocycles. The normalized spacial score (nSPS) is 17.3. The number of hydrogen-bond acceptors (Lipinski definition) is 5.